The van der Waals surface area contributed by atoms with E-state index in [2.05, 4.69) is 21.2 Å². The molecule has 2 aromatic rings. The van der Waals surface area contributed by atoms with Crippen molar-refractivity contribution in [3.63, 3.8) is 0 Å². The van der Waals surface area contributed by atoms with E-state index < -0.39 is 0 Å². The number of hydrogen-bond donors (Lipinski definition) is 1. The van der Waals surface area contributed by atoms with Crippen molar-refractivity contribution < 1.29 is 14.2 Å². The maximum absolute atomic E-state index is 5.39. The summed E-state index contributed by atoms with van der Waals surface area (Å²) in [6, 6.07) is 5.99. The average Bonchev–Trinajstić information content (AvgIpc) is 2.98. The Kier molecular flexibility index (Phi) is 5.50. The molecule has 0 aliphatic rings. The third-order valence-electron chi connectivity index (χ3n) is 3.22. The van der Waals surface area contributed by atoms with Crippen LogP contribution in [0.1, 0.15) is 16.5 Å². The first-order chi connectivity index (χ1) is 10.1. The average molecular weight is 372 g/mol. The Morgan fingerprint density at radius 1 is 1.05 bits per heavy atom. The SMILES string of the molecule is CNC(c1cc(OC)cs1)c1cc(OC)c(OC)cc1Br. The van der Waals surface area contributed by atoms with Crippen molar-refractivity contribution in [1.29, 1.82) is 0 Å². The van der Waals surface area contributed by atoms with Gasteiger partial charge in [-0.3, -0.25) is 0 Å². The van der Waals surface area contributed by atoms with E-state index in [1.807, 2.05) is 30.6 Å². The molecule has 6 heteroatoms. The Balaban J connectivity index is 2.46. The molecule has 0 amide bonds. The van der Waals surface area contributed by atoms with Gasteiger partial charge in [-0.15, -0.1) is 11.3 Å². The summed E-state index contributed by atoms with van der Waals surface area (Å²) < 4.78 is 16.9. The third kappa shape index (κ3) is 3.33. The minimum Gasteiger partial charge on any atom is -0.496 e. The number of thiophene rings is 1. The molecule has 0 aliphatic carbocycles. The van der Waals surface area contributed by atoms with Gasteiger partial charge in [-0.25, -0.2) is 0 Å². The largest absolute Gasteiger partial charge is 0.496 e. The van der Waals surface area contributed by atoms with E-state index in [9.17, 15) is 0 Å². The molecule has 2 rings (SSSR count). The first-order valence-electron chi connectivity index (χ1n) is 6.35. The van der Waals surface area contributed by atoms with Gasteiger partial charge in [0.1, 0.15) is 5.75 Å². The van der Waals surface area contributed by atoms with Gasteiger partial charge in [0.15, 0.2) is 11.5 Å². The van der Waals surface area contributed by atoms with Crippen LogP contribution in [-0.2, 0) is 0 Å². The fourth-order valence-electron chi connectivity index (χ4n) is 2.13. The van der Waals surface area contributed by atoms with Gasteiger partial charge in [0.25, 0.3) is 0 Å². The van der Waals surface area contributed by atoms with Gasteiger partial charge in [-0.1, -0.05) is 15.9 Å². The zero-order valence-corrected chi connectivity index (χ0v) is 14.8. The highest BCUT2D eigenvalue weighted by Gasteiger charge is 2.20. The zero-order chi connectivity index (χ0) is 15.4. The molecule has 0 aliphatic heterocycles. The third-order valence-corrected chi connectivity index (χ3v) is 4.88. The molecule has 114 valence electrons. The second-order valence-electron chi connectivity index (χ2n) is 4.34. The molecule has 1 N–H and O–H groups in total. The lowest BCUT2D eigenvalue weighted by atomic mass is 10.0. The van der Waals surface area contributed by atoms with E-state index in [0.717, 1.165) is 15.8 Å². The first kappa shape index (κ1) is 16.1. The molecule has 0 saturated carbocycles. The smallest absolute Gasteiger partial charge is 0.161 e. The minimum atomic E-state index is 0.0491. The molecule has 1 unspecified atom stereocenters. The lowest BCUT2D eigenvalue weighted by molar-refractivity contribution is 0.354. The summed E-state index contributed by atoms with van der Waals surface area (Å²) >= 11 is 5.27. The molecular formula is C15H18BrNO3S. The Morgan fingerprint density at radius 2 is 1.71 bits per heavy atom. The van der Waals surface area contributed by atoms with Crippen molar-refractivity contribution in [3.8, 4) is 17.2 Å². The molecule has 4 nitrogen and oxygen atoms in total. The minimum absolute atomic E-state index is 0.0491. The van der Waals surface area contributed by atoms with E-state index in [4.69, 9.17) is 14.2 Å². The second kappa shape index (κ2) is 7.15. The molecule has 0 radical (unpaired) electrons. The molecule has 21 heavy (non-hydrogen) atoms. The maximum Gasteiger partial charge on any atom is 0.161 e. The van der Waals surface area contributed by atoms with Crippen LogP contribution in [-0.4, -0.2) is 28.4 Å². The molecule has 0 saturated heterocycles. The summed E-state index contributed by atoms with van der Waals surface area (Å²) in [7, 11) is 6.87. The van der Waals surface area contributed by atoms with E-state index in [-0.39, 0.29) is 6.04 Å². The summed E-state index contributed by atoms with van der Waals surface area (Å²) in [5.74, 6) is 2.28. The monoisotopic (exact) mass is 371 g/mol. The molecule has 0 spiro atoms. The molecule has 0 fully saturated rings. The van der Waals surface area contributed by atoms with Crippen molar-refractivity contribution in [3.05, 3.63) is 38.5 Å². The van der Waals surface area contributed by atoms with Gasteiger partial charge in [0.05, 0.1) is 27.4 Å². The van der Waals surface area contributed by atoms with Crippen LogP contribution < -0.4 is 19.5 Å². The van der Waals surface area contributed by atoms with Crippen LogP contribution in [0.2, 0.25) is 0 Å². The van der Waals surface area contributed by atoms with Crippen LogP contribution in [0.3, 0.4) is 0 Å². The number of ether oxygens (including phenoxy) is 3. The summed E-state index contributed by atoms with van der Waals surface area (Å²) in [4.78, 5) is 1.17. The predicted octanol–water partition coefficient (Wildman–Crippen LogP) is 3.85. The van der Waals surface area contributed by atoms with Gasteiger partial charge < -0.3 is 19.5 Å². The fourth-order valence-corrected chi connectivity index (χ4v) is 3.67. The van der Waals surface area contributed by atoms with E-state index in [1.165, 1.54) is 4.88 Å². The lowest BCUT2D eigenvalue weighted by Gasteiger charge is -2.19. The van der Waals surface area contributed by atoms with Crippen LogP contribution in [0.5, 0.6) is 17.2 Å². The van der Waals surface area contributed by atoms with E-state index in [1.54, 1.807) is 32.7 Å². The Labute approximate surface area is 137 Å². The summed E-state index contributed by atoms with van der Waals surface area (Å²) in [6.07, 6.45) is 0. The Bertz CT molecular complexity index is 615. The highest BCUT2D eigenvalue weighted by molar-refractivity contribution is 9.10. The normalized spacial score (nSPS) is 12.0. The number of benzene rings is 1. The van der Waals surface area contributed by atoms with Gasteiger partial charge in [0.2, 0.25) is 0 Å². The first-order valence-corrected chi connectivity index (χ1v) is 8.03. The molecule has 1 atom stereocenters. The number of methoxy groups -OCH3 is 3. The standard InChI is InChI=1S/C15H18BrNO3S/c1-17-15(14-5-9(18-2)8-21-14)10-6-12(19-3)13(20-4)7-11(10)16/h5-8,15,17H,1-4H3. The van der Waals surface area contributed by atoms with Crippen LogP contribution in [0.25, 0.3) is 0 Å². The molecule has 1 heterocycles. The van der Waals surface area contributed by atoms with E-state index >= 15 is 0 Å². The van der Waals surface area contributed by atoms with Crippen molar-refractivity contribution in [2.45, 2.75) is 6.04 Å². The summed E-state index contributed by atoms with van der Waals surface area (Å²) in [5, 5.41) is 5.32. The summed E-state index contributed by atoms with van der Waals surface area (Å²) in [6.45, 7) is 0. The Morgan fingerprint density at radius 3 is 2.24 bits per heavy atom. The van der Waals surface area contributed by atoms with Gasteiger partial charge in [-0.05, 0) is 30.8 Å². The fraction of sp³-hybridized carbons (Fsp3) is 0.333. The second-order valence-corrected chi connectivity index (χ2v) is 6.14. The predicted molar refractivity (Wildman–Crippen MR) is 89.0 cm³/mol. The highest BCUT2D eigenvalue weighted by atomic mass is 79.9. The van der Waals surface area contributed by atoms with Crippen molar-refractivity contribution in [2.24, 2.45) is 0 Å². The van der Waals surface area contributed by atoms with Gasteiger partial charge >= 0.3 is 0 Å². The lowest BCUT2D eigenvalue weighted by Crippen LogP contribution is -2.17. The maximum atomic E-state index is 5.39. The van der Waals surface area contributed by atoms with Crippen LogP contribution >= 0.6 is 27.3 Å². The number of hydrogen-bond acceptors (Lipinski definition) is 5. The number of rotatable bonds is 6. The molecule has 1 aromatic heterocycles. The van der Waals surface area contributed by atoms with Crippen molar-refractivity contribution in [1.82, 2.24) is 5.32 Å². The topological polar surface area (TPSA) is 39.7 Å². The number of halogens is 1. The van der Waals surface area contributed by atoms with Crippen molar-refractivity contribution in [2.75, 3.05) is 28.4 Å². The van der Waals surface area contributed by atoms with Crippen molar-refractivity contribution >= 4 is 27.3 Å². The van der Waals surface area contributed by atoms with Gasteiger partial charge in [-0.2, -0.15) is 0 Å². The summed E-state index contributed by atoms with van der Waals surface area (Å²) in [5.41, 5.74) is 1.08. The highest BCUT2D eigenvalue weighted by Crippen LogP contribution is 2.39. The van der Waals surface area contributed by atoms with E-state index in [0.29, 0.717) is 11.5 Å². The molecular weight excluding hydrogens is 354 g/mol. The number of nitrogens with one attached hydrogen (secondary N) is 1. The molecule has 0 bridgehead atoms. The van der Waals surface area contributed by atoms with Crippen LogP contribution in [0.15, 0.2) is 28.1 Å². The van der Waals surface area contributed by atoms with Crippen LogP contribution in [0.4, 0.5) is 0 Å². The Hall–Kier alpha value is -1.24. The van der Waals surface area contributed by atoms with Gasteiger partial charge in [0, 0.05) is 14.7 Å². The molecule has 1 aromatic carbocycles. The van der Waals surface area contributed by atoms with Crippen LogP contribution in [0, 0.1) is 0 Å². The quantitative estimate of drug-likeness (QED) is 0.836. The zero-order valence-electron chi connectivity index (χ0n) is 12.4.